The van der Waals surface area contributed by atoms with Crippen molar-refractivity contribution in [1.82, 2.24) is 0 Å². The number of methoxy groups -OCH3 is 3. The number of ether oxygens (including phenoxy) is 5. The third-order valence-electron chi connectivity index (χ3n) is 6.64. The standard InChI is InChI=1S/C33H30O8/c1-33(2,22-10-7-13-25(18-22)40-24-12-6-9-21(17-24)30(34)37-3)23-11-8-14-26(19-23)41-27-15-16-28(31(35)38-4)29(20-27)32(36)39-5/h6-20H,1-5H3. The Morgan fingerprint density at radius 2 is 0.976 bits per heavy atom. The third kappa shape index (κ3) is 6.55. The fourth-order valence-electron chi connectivity index (χ4n) is 4.29. The van der Waals surface area contributed by atoms with Crippen LogP contribution in [0, 0.1) is 0 Å². The van der Waals surface area contributed by atoms with E-state index in [0.717, 1.165) is 11.1 Å². The molecule has 4 aromatic rings. The second-order valence-corrected chi connectivity index (χ2v) is 9.59. The lowest BCUT2D eigenvalue weighted by Crippen LogP contribution is -2.18. The number of hydrogen-bond donors (Lipinski definition) is 0. The molecule has 0 aliphatic carbocycles. The monoisotopic (exact) mass is 554 g/mol. The van der Waals surface area contributed by atoms with E-state index >= 15 is 0 Å². The maximum Gasteiger partial charge on any atom is 0.338 e. The van der Waals surface area contributed by atoms with Crippen molar-refractivity contribution in [2.24, 2.45) is 0 Å². The predicted octanol–water partition coefficient (Wildman–Crippen LogP) is 6.96. The molecule has 0 aliphatic rings. The summed E-state index contributed by atoms with van der Waals surface area (Å²) < 4.78 is 26.5. The normalized spacial score (nSPS) is 10.9. The van der Waals surface area contributed by atoms with E-state index in [1.165, 1.54) is 33.5 Å². The van der Waals surface area contributed by atoms with Crippen LogP contribution in [0.3, 0.4) is 0 Å². The van der Waals surface area contributed by atoms with Crippen LogP contribution in [0.1, 0.15) is 56.0 Å². The van der Waals surface area contributed by atoms with Gasteiger partial charge < -0.3 is 23.7 Å². The van der Waals surface area contributed by atoms with Crippen molar-refractivity contribution in [3.05, 3.63) is 119 Å². The van der Waals surface area contributed by atoms with Gasteiger partial charge in [0.2, 0.25) is 0 Å². The molecule has 0 radical (unpaired) electrons. The van der Waals surface area contributed by atoms with Crippen LogP contribution < -0.4 is 9.47 Å². The molecule has 0 atom stereocenters. The molecule has 0 saturated heterocycles. The number of carbonyl (C=O) groups is 3. The minimum atomic E-state index is -0.676. The van der Waals surface area contributed by atoms with Gasteiger partial charge in [-0.15, -0.1) is 0 Å². The summed E-state index contributed by atoms with van der Waals surface area (Å²) in [5.74, 6) is 0.275. The molecular weight excluding hydrogens is 524 g/mol. The first-order valence-corrected chi connectivity index (χ1v) is 12.7. The Labute approximate surface area is 238 Å². The van der Waals surface area contributed by atoms with Gasteiger partial charge in [-0.25, -0.2) is 14.4 Å². The molecule has 4 rings (SSSR count). The van der Waals surface area contributed by atoms with Crippen molar-refractivity contribution < 1.29 is 38.1 Å². The van der Waals surface area contributed by atoms with Crippen molar-refractivity contribution >= 4 is 17.9 Å². The summed E-state index contributed by atoms with van der Waals surface area (Å²) in [7, 11) is 3.81. The van der Waals surface area contributed by atoms with E-state index in [2.05, 4.69) is 13.8 Å². The van der Waals surface area contributed by atoms with Crippen LogP contribution >= 0.6 is 0 Å². The molecule has 41 heavy (non-hydrogen) atoms. The molecule has 8 nitrogen and oxygen atoms in total. The Morgan fingerprint density at radius 3 is 1.51 bits per heavy atom. The molecule has 8 heteroatoms. The van der Waals surface area contributed by atoms with Crippen LogP contribution in [0.25, 0.3) is 0 Å². The molecule has 0 unspecified atom stereocenters. The first-order chi connectivity index (χ1) is 19.7. The number of benzene rings is 4. The summed E-state index contributed by atoms with van der Waals surface area (Å²) in [6, 6.07) is 26.6. The number of esters is 3. The highest BCUT2D eigenvalue weighted by Crippen LogP contribution is 2.36. The van der Waals surface area contributed by atoms with Gasteiger partial charge in [-0.1, -0.05) is 44.2 Å². The molecule has 0 fully saturated rings. The number of carbonyl (C=O) groups excluding carboxylic acids is 3. The maximum atomic E-state index is 12.3. The van der Waals surface area contributed by atoms with E-state index in [0.29, 0.717) is 28.6 Å². The molecule has 0 spiro atoms. The zero-order chi connectivity index (χ0) is 29.6. The lowest BCUT2D eigenvalue weighted by Gasteiger charge is -2.27. The maximum absolute atomic E-state index is 12.3. The van der Waals surface area contributed by atoms with E-state index in [1.54, 1.807) is 36.4 Å². The second-order valence-electron chi connectivity index (χ2n) is 9.59. The van der Waals surface area contributed by atoms with Crippen LogP contribution in [0.5, 0.6) is 23.0 Å². The van der Waals surface area contributed by atoms with Gasteiger partial charge in [0, 0.05) is 5.41 Å². The smallest absolute Gasteiger partial charge is 0.338 e. The summed E-state index contributed by atoms with van der Waals surface area (Å²) in [5, 5.41) is 0. The molecule has 0 aromatic heterocycles. The zero-order valence-corrected chi connectivity index (χ0v) is 23.4. The number of hydrogen-bond acceptors (Lipinski definition) is 8. The Bertz CT molecular complexity index is 1590. The van der Waals surface area contributed by atoms with Crippen LogP contribution in [-0.4, -0.2) is 39.2 Å². The van der Waals surface area contributed by atoms with Crippen molar-refractivity contribution in [3.8, 4) is 23.0 Å². The average molecular weight is 555 g/mol. The Morgan fingerprint density at radius 1 is 0.512 bits per heavy atom. The lowest BCUT2D eigenvalue weighted by atomic mass is 9.78. The van der Waals surface area contributed by atoms with Crippen molar-refractivity contribution in [2.45, 2.75) is 19.3 Å². The van der Waals surface area contributed by atoms with Gasteiger partial charge in [-0.05, 0) is 71.8 Å². The fourth-order valence-corrected chi connectivity index (χ4v) is 4.29. The molecule has 4 aromatic carbocycles. The Balaban J connectivity index is 1.59. The van der Waals surface area contributed by atoms with Crippen molar-refractivity contribution in [2.75, 3.05) is 21.3 Å². The van der Waals surface area contributed by atoms with Crippen LogP contribution in [0.2, 0.25) is 0 Å². The van der Waals surface area contributed by atoms with E-state index in [9.17, 15) is 14.4 Å². The third-order valence-corrected chi connectivity index (χ3v) is 6.64. The minimum Gasteiger partial charge on any atom is -0.465 e. The van der Waals surface area contributed by atoms with Crippen LogP contribution in [-0.2, 0) is 19.6 Å². The van der Waals surface area contributed by atoms with Crippen LogP contribution in [0.15, 0.2) is 91.0 Å². The summed E-state index contributed by atoms with van der Waals surface area (Å²) in [4.78, 5) is 36.3. The highest BCUT2D eigenvalue weighted by Gasteiger charge is 2.25. The van der Waals surface area contributed by atoms with Gasteiger partial charge in [0.15, 0.2) is 0 Å². The second kappa shape index (κ2) is 12.4. The summed E-state index contributed by atoms with van der Waals surface area (Å²) >= 11 is 0. The first kappa shape index (κ1) is 28.9. The SMILES string of the molecule is COC(=O)c1cccc(Oc2cccc(C(C)(C)c3cccc(Oc4ccc(C(=O)OC)c(C(=O)OC)c4)c3)c2)c1. The number of rotatable bonds is 9. The topological polar surface area (TPSA) is 97.4 Å². The van der Waals surface area contributed by atoms with E-state index in [-0.39, 0.29) is 11.1 Å². The average Bonchev–Trinajstić information content (AvgIpc) is 3.00. The molecule has 0 saturated carbocycles. The van der Waals surface area contributed by atoms with E-state index in [1.807, 2.05) is 42.5 Å². The molecule has 0 aliphatic heterocycles. The molecule has 0 N–H and O–H groups in total. The quantitative estimate of drug-likeness (QED) is 0.162. The summed E-state index contributed by atoms with van der Waals surface area (Å²) in [6.45, 7) is 4.17. The van der Waals surface area contributed by atoms with Gasteiger partial charge in [-0.2, -0.15) is 0 Å². The highest BCUT2D eigenvalue weighted by molar-refractivity contribution is 6.03. The molecule has 0 amide bonds. The highest BCUT2D eigenvalue weighted by atomic mass is 16.5. The molecular formula is C33H30O8. The largest absolute Gasteiger partial charge is 0.465 e. The van der Waals surface area contributed by atoms with Crippen LogP contribution in [0.4, 0.5) is 0 Å². The van der Waals surface area contributed by atoms with Gasteiger partial charge in [0.1, 0.15) is 23.0 Å². The van der Waals surface area contributed by atoms with Gasteiger partial charge >= 0.3 is 17.9 Å². The summed E-state index contributed by atoms with van der Waals surface area (Å²) in [6.07, 6.45) is 0. The van der Waals surface area contributed by atoms with Crippen molar-refractivity contribution in [1.29, 1.82) is 0 Å². The van der Waals surface area contributed by atoms with Crippen molar-refractivity contribution in [3.63, 3.8) is 0 Å². The first-order valence-electron chi connectivity index (χ1n) is 12.7. The van der Waals surface area contributed by atoms with Gasteiger partial charge in [0.05, 0.1) is 38.0 Å². The minimum absolute atomic E-state index is 0.0438. The Kier molecular flexibility index (Phi) is 8.72. The lowest BCUT2D eigenvalue weighted by molar-refractivity contribution is 0.0555. The predicted molar refractivity (Wildman–Crippen MR) is 152 cm³/mol. The molecule has 210 valence electrons. The zero-order valence-electron chi connectivity index (χ0n) is 23.4. The molecule has 0 bridgehead atoms. The van der Waals surface area contributed by atoms with E-state index < -0.39 is 23.3 Å². The Hall–Kier alpha value is -5.11. The van der Waals surface area contributed by atoms with E-state index in [4.69, 9.17) is 23.7 Å². The van der Waals surface area contributed by atoms with Gasteiger partial charge in [0.25, 0.3) is 0 Å². The summed E-state index contributed by atoms with van der Waals surface area (Å²) in [5.41, 5.74) is 2.05. The van der Waals surface area contributed by atoms with Gasteiger partial charge in [-0.3, -0.25) is 0 Å². The fraction of sp³-hybridized carbons (Fsp3) is 0.182. The molecule has 0 heterocycles.